The zero-order valence-corrected chi connectivity index (χ0v) is 18.5. The molecule has 0 spiro atoms. The predicted octanol–water partition coefficient (Wildman–Crippen LogP) is 3.80. The lowest BCUT2D eigenvalue weighted by molar-refractivity contribution is 0.372. The Morgan fingerprint density at radius 2 is 2.08 bits per heavy atom. The van der Waals surface area contributed by atoms with Gasteiger partial charge in [0, 0.05) is 30.5 Å². The van der Waals surface area contributed by atoms with Crippen molar-refractivity contribution in [2.24, 2.45) is 4.99 Å². The first kappa shape index (κ1) is 22.7. The summed E-state index contributed by atoms with van der Waals surface area (Å²) in [4.78, 5) is 8.91. The number of halogens is 2. The highest BCUT2D eigenvalue weighted by molar-refractivity contribution is 14.0. The van der Waals surface area contributed by atoms with E-state index in [9.17, 15) is 0 Å². The standard InChI is InChI=1S/C18H26ClN5O.HI/c1-4-20-18(21-10-8-14-6-5-7-15(19)12-14)22-11-9-16-23-17(13(2)3)24-25-16;/h5-7,12-13H,4,8-11H2,1-3H3,(H2,20,21,22);1H. The van der Waals surface area contributed by atoms with Crippen molar-refractivity contribution in [1.29, 1.82) is 0 Å². The van der Waals surface area contributed by atoms with Crippen LogP contribution < -0.4 is 10.6 Å². The molecule has 2 aromatic rings. The number of hydrogen-bond donors (Lipinski definition) is 2. The highest BCUT2D eigenvalue weighted by atomic mass is 127. The summed E-state index contributed by atoms with van der Waals surface area (Å²) in [6.07, 6.45) is 1.51. The second-order valence-electron chi connectivity index (χ2n) is 6.02. The fourth-order valence-corrected chi connectivity index (χ4v) is 2.44. The molecule has 0 atom stereocenters. The van der Waals surface area contributed by atoms with Gasteiger partial charge in [-0.2, -0.15) is 4.98 Å². The molecule has 1 aromatic heterocycles. The van der Waals surface area contributed by atoms with Crippen molar-refractivity contribution in [1.82, 2.24) is 20.8 Å². The van der Waals surface area contributed by atoms with Gasteiger partial charge in [-0.05, 0) is 31.0 Å². The predicted molar refractivity (Wildman–Crippen MR) is 117 cm³/mol. The van der Waals surface area contributed by atoms with E-state index < -0.39 is 0 Å². The summed E-state index contributed by atoms with van der Waals surface area (Å²) in [5.41, 5.74) is 1.20. The van der Waals surface area contributed by atoms with Gasteiger partial charge >= 0.3 is 0 Å². The van der Waals surface area contributed by atoms with Crippen molar-refractivity contribution in [2.45, 2.75) is 39.5 Å². The quantitative estimate of drug-likeness (QED) is 0.334. The molecular weight excluding hydrogens is 465 g/mol. The number of aliphatic imine (C=N–C) groups is 1. The first-order chi connectivity index (χ1) is 12.1. The van der Waals surface area contributed by atoms with Gasteiger partial charge in [0.05, 0.1) is 6.54 Å². The lowest BCUT2D eigenvalue weighted by atomic mass is 10.1. The third-order valence-electron chi connectivity index (χ3n) is 3.54. The zero-order valence-electron chi connectivity index (χ0n) is 15.5. The van der Waals surface area contributed by atoms with Crippen molar-refractivity contribution >= 4 is 41.5 Å². The van der Waals surface area contributed by atoms with Gasteiger partial charge in [0.2, 0.25) is 5.89 Å². The molecule has 0 amide bonds. The zero-order chi connectivity index (χ0) is 18.1. The molecule has 0 saturated carbocycles. The summed E-state index contributed by atoms with van der Waals surface area (Å²) in [5.74, 6) is 2.42. The smallest absolute Gasteiger partial charge is 0.228 e. The van der Waals surface area contributed by atoms with Crippen LogP contribution in [0.4, 0.5) is 0 Å². The number of guanidine groups is 1. The van der Waals surface area contributed by atoms with E-state index in [0.29, 0.717) is 18.9 Å². The van der Waals surface area contributed by atoms with E-state index in [2.05, 4.69) is 31.8 Å². The van der Waals surface area contributed by atoms with Crippen molar-refractivity contribution in [3.05, 3.63) is 46.6 Å². The Bertz CT molecular complexity index is 690. The Hall–Kier alpha value is -1.35. The molecule has 144 valence electrons. The van der Waals surface area contributed by atoms with Crippen molar-refractivity contribution < 1.29 is 4.52 Å². The highest BCUT2D eigenvalue weighted by Crippen LogP contribution is 2.11. The minimum absolute atomic E-state index is 0. The van der Waals surface area contributed by atoms with Crippen LogP contribution in [-0.2, 0) is 12.8 Å². The van der Waals surface area contributed by atoms with Crippen LogP contribution in [0.1, 0.15) is 44.0 Å². The first-order valence-corrected chi connectivity index (χ1v) is 9.05. The van der Waals surface area contributed by atoms with Crippen LogP contribution in [0.15, 0.2) is 33.8 Å². The summed E-state index contributed by atoms with van der Waals surface area (Å²) >= 11 is 6.01. The fourth-order valence-electron chi connectivity index (χ4n) is 2.23. The van der Waals surface area contributed by atoms with Gasteiger partial charge in [-0.25, -0.2) is 0 Å². The van der Waals surface area contributed by atoms with E-state index in [1.807, 2.05) is 39.0 Å². The van der Waals surface area contributed by atoms with E-state index in [0.717, 1.165) is 36.3 Å². The van der Waals surface area contributed by atoms with E-state index in [-0.39, 0.29) is 29.9 Å². The van der Waals surface area contributed by atoms with E-state index >= 15 is 0 Å². The molecule has 0 aliphatic carbocycles. The number of nitrogens with zero attached hydrogens (tertiary/aromatic N) is 3. The van der Waals surface area contributed by atoms with Gasteiger partial charge in [0.15, 0.2) is 11.8 Å². The van der Waals surface area contributed by atoms with Crippen LogP contribution in [0.5, 0.6) is 0 Å². The fraction of sp³-hybridized carbons (Fsp3) is 0.500. The van der Waals surface area contributed by atoms with Gasteiger partial charge < -0.3 is 15.2 Å². The monoisotopic (exact) mass is 491 g/mol. The second kappa shape index (κ2) is 12.1. The number of aromatic nitrogens is 2. The minimum Gasteiger partial charge on any atom is -0.357 e. The summed E-state index contributed by atoms with van der Waals surface area (Å²) in [6.45, 7) is 8.30. The molecule has 0 unspecified atom stereocenters. The van der Waals surface area contributed by atoms with Gasteiger partial charge in [-0.3, -0.25) is 4.99 Å². The van der Waals surface area contributed by atoms with Gasteiger partial charge in [-0.15, -0.1) is 24.0 Å². The van der Waals surface area contributed by atoms with E-state index in [1.54, 1.807) is 0 Å². The molecule has 1 heterocycles. The largest absolute Gasteiger partial charge is 0.357 e. The molecule has 8 heteroatoms. The van der Waals surface area contributed by atoms with Crippen LogP contribution in [0, 0.1) is 0 Å². The Kier molecular flexibility index (Phi) is 10.6. The molecule has 0 radical (unpaired) electrons. The van der Waals surface area contributed by atoms with E-state index in [1.165, 1.54) is 5.56 Å². The molecule has 6 nitrogen and oxygen atoms in total. The molecule has 0 aliphatic heterocycles. The van der Waals surface area contributed by atoms with Crippen LogP contribution in [0.25, 0.3) is 0 Å². The molecule has 0 bridgehead atoms. The van der Waals surface area contributed by atoms with Crippen LogP contribution >= 0.6 is 35.6 Å². The number of rotatable bonds is 8. The molecule has 0 saturated heterocycles. The maximum absolute atomic E-state index is 6.01. The summed E-state index contributed by atoms with van der Waals surface area (Å²) in [7, 11) is 0. The molecule has 0 aliphatic rings. The Labute approximate surface area is 177 Å². The van der Waals surface area contributed by atoms with Gasteiger partial charge in [-0.1, -0.05) is 42.7 Å². The number of nitrogens with one attached hydrogen (secondary N) is 2. The molecule has 0 fully saturated rings. The van der Waals surface area contributed by atoms with Crippen molar-refractivity contribution in [3.8, 4) is 0 Å². The Morgan fingerprint density at radius 1 is 1.27 bits per heavy atom. The van der Waals surface area contributed by atoms with Crippen molar-refractivity contribution in [2.75, 3.05) is 19.6 Å². The number of benzene rings is 1. The van der Waals surface area contributed by atoms with E-state index in [4.69, 9.17) is 16.1 Å². The minimum atomic E-state index is 0. The lowest BCUT2D eigenvalue weighted by Gasteiger charge is -2.11. The summed E-state index contributed by atoms with van der Waals surface area (Å²) < 4.78 is 5.23. The van der Waals surface area contributed by atoms with Crippen molar-refractivity contribution in [3.63, 3.8) is 0 Å². The normalized spacial score (nSPS) is 11.3. The SMILES string of the molecule is CCNC(=NCCc1nc(C(C)C)no1)NCCc1cccc(Cl)c1.I. The second-order valence-corrected chi connectivity index (χ2v) is 6.45. The third-order valence-corrected chi connectivity index (χ3v) is 3.77. The third kappa shape index (κ3) is 7.90. The van der Waals surface area contributed by atoms with Gasteiger partial charge in [0.1, 0.15) is 0 Å². The van der Waals surface area contributed by atoms with Crippen LogP contribution in [0.2, 0.25) is 5.02 Å². The highest BCUT2D eigenvalue weighted by Gasteiger charge is 2.09. The summed E-state index contributed by atoms with van der Waals surface area (Å²) in [5, 5.41) is 11.3. The average Bonchev–Trinajstić information content (AvgIpc) is 3.04. The molecular formula is C18H27ClIN5O. The lowest BCUT2D eigenvalue weighted by Crippen LogP contribution is -2.38. The summed E-state index contributed by atoms with van der Waals surface area (Å²) in [6, 6.07) is 7.90. The average molecular weight is 492 g/mol. The van der Waals surface area contributed by atoms with Crippen LogP contribution in [-0.4, -0.2) is 35.7 Å². The topological polar surface area (TPSA) is 75.3 Å². The maximum Gasteiger partial charge on any atom is 0.228 e. The van der Waals surface area contributed by atoms with Gasteiger partial charge in [0.25, 0.3) is 0 Å². The maximum atomic E-state index is 6.01. The Morgan fingerprint density at radius 3 is 2.73 bits per heavy atom. The number of hydrogen-bond acceptors (Lipinski definition) is 4. The first-order valence-electron chi connectivity index (χ1n) is 8.67. The molecule has 26 heavy (non-hydrogen) atoms. The van der Waals surface area contributed by atoms with Crippen LogP contribution in [0.3, 0.4) is 0 Å². The Balaban J connectivity index is 0.00000338. The molecule has 1 aromatic carbocycles. The molecule has 2 rings (SSSR count). The molecule has 2 N–H and O–H groups in total.